The van der Waals surface area contributed by atoms with E-state index in [4.69, 9.17) is 9.47 Å². The molecule has 1 aromatic rings. The molecule has 0 N–H and O–H groups in total. The number of hydrogen-bond donors (Lipinski definition) is 0. The molecule has 0 saturated carbocycles. The number of methoxy groups -OCH3 is 1. The molecule has 0 unspecified atom stereocenters. The molecule has 0 aliphatic heterocycles. The van der Waals surface area contributed by atoms with Crippen LogP contribution in [0.1, 0.15) is 5.56 Å². The summed E-state index contributed by atoms with van der Waals surface area (Å²) in [6, 6.07) is 7.82. The summed E-state index contributed by atoms with van der Waals surface area (Å²) in [7, 11) is 1.66. The molecule has 0 fully saturated rings. The first-order chi connectivity index (χ1) is 5.86. The minimum atomic E-state index is 0.568. The van der Waals surface area contributed by atoms with Crippen molar-refractivity contribution in [1.82, 2.24) is 0 Å². The van der Waals surface area contributed by atoms with Gasteiger partial charge in [0.2, 0.25) is 0 Å². The Morgan fingerprint density at radius 3 is 2.42 bits per heavy atom. The van der Waals surface area contributed by atoms with Crippen LogP contribution in [0.25, 0.3) is 0 Å². The van der Waals surface area contributed by atoms with Gasteiger partial charge in [-0.3, -0.25) is 0 Å². The second-order valence-corrected chi connectivity index (χ2v) is 2.76. The first-order valence-corrected chi connectivity index (χ1v) is 4.75. The average Bonchev–Trinajstić information content (AvgIpc) is 2.15. The van der Waals surface area contributed by atoms with Crippen molar-refractivity contribution in [2.45, 2.75) is 6.61 Å². The molecule has 12 heavy (non-hydrogen) atoms. The molecule has 0 atom stereocenters. The van der Waals surface area contributed by atoms with E-state index >= 15 is 0 Å². The summed E-state index contributed by atoms with van der Waals surface area (Å²) < 4.78 is 10.2. The lowest BCUT2D eigenvalue weighted by Gasteiger charge is -2.02. The van der Waals surface area contributed by atoms with E-state index in [2.05, 4.69) is 15.9 Å². The zero-order chi connectivity index (χ0) is 8.81. The molecule has 0 spiro atoms. The van der Waals surface area contributed by atoms with Gasteiger partial charge in [0.05, 0.1) is 13.7 Å². The van der Waals surface area contributed by atoms with Crippen LogP contribution < -0.4 is 4.74 Å². The van der Waals surface area contributed by atoms with Crippen LogP contribution in [0.5, 0.6) is 5.75 Å². The molecule has 0 radical (unpaired) electrons. The minimum Gasteiger partial charge on any atom is -0.497 e. The number of hydrogen-bond acceptors (Lipinski definition) is 2. The van der Waals surface area contributed by atoms with Crippen molar-refractivity contribution in [3.05, 3.63) is 29.8 Å². The largest absolute Gasteiger partial charge is 0.497 e. The van der Waals surface area contributed by atoms with Crippen molar-refractivity contribution in [3.8, 4) is 5.75 Å². The van der Waals surface area contributed by atoms with Crippen molar-refractivity contribution in [1.29, 1.82) is 0 Å². The molecule has 1 aromatic carbocycles. The van der Waals surface area contributed by atoms with Gasteiger partial charge < -0.3 is 9.47 Å². The van der Waals surface area contributed by atoms with Gasteiger partial charge in [0.25, 0.3) is 0 Å². The summed E-state index contributed by atoms with van der Waals surface area (Å²) in [5.41, 5.74) is 1.72. The molecule has 0 aliphatic carbocycles. The predicted molar refractivity (Wildman–Crippen MR) is 51.6 cm³/mol. The van der Waals surface area contributed by atoms with Gasteiger partial charge in [-0.05, 0) is 17.7 Å². The van der Waals surface area contributed by atoms with Crippen LogP contribution in [0.4, 0.5) is 0 Å². The maximum Gasteiger partial charge on any atom is 0.118 e. The van der Waals surface area contributed by atoms with E-state index in [1.165, 1.54) is 0 Å². The molecule has 0 amide bonds. The maximum absolute atomic E-state index is 5.17. The Morgan fingerprint density at radius 1 is 1.25 bits per heavy atom. The van der Waals surface area contributed by atoms with Crippen LogP contribution in [0, 0.1) is 0 Å². The highest BCUT2D eigenvalue weighted by Crippen LogP contribution is 2.11. The summed E-state index contributed by atoms with van der Waals surface area (Å²) in [5, 5.41) is 0. The fourth-order valence-corrected chi connectivity index (χ4v) is 1.04. The van der Waals surface area contributed by atoms with Crippen LogP contribution >= 0.6 is 15.9 Å². The van der Waals surface area contributed by atoms with Gasteiger partial charge >= 0.3 is 0 Å². The van der Waals surface area contributed by atoms with E-state index in [0.29, 0.717) is 12.1 Å². The van der Waals surface area contributed by atoms with E-state index in [9.17, 15) is 0 Å². The third kappa shape index (κ3) is 2.83. The summed E-state index contributed by atoms with van der Waals surface area (Å²) in [6.07, 6.45) is 0. The van der Waals surface area contributed by atoms with Crippen molar-refractivity contribution in [3.63, 3.8) is 0 Å². The highest BCUT2D eigenvalue weighted by atomic mass is 79.9. The lowest BCUT2D eigenvalue weighted by atomic mass is 10.2. The molecular formula is C9H11BrO2. The summed E-state index contributed by atoms with van der Waals surface area (Å²) in [6.45, 7) is 0.634. The standard InChI is InChI=1S/C9H11BrO2/c1-11-9-4-2-8(3-5-9)6-12-7-10/h2-5H,6-7H2,1H3. The number of rotatable bonds is 4. The fraction of sp³-hybridized carbons (Fsp3) is 0.333. The Bertz CT molecular complexity index is 220. The van der Waals surface area contributed by atoms with E-state index in [0.717, 1.165) is 11.3 Å². The Balaban J connectivity index is 2.53. The third-order valence-corrected chi connectivity index (χ3v) is 1.83. The van der Waals surface area contributed by atoms with E-state index < -0.39 is 0 Å². The third-order valence-electron chi connectivity index (χ3n) is 1.50. The van der Waals surface area contributed by atoms with Gasteiger partial charge in [-0.15, -0.1) is 0 Å². The van der Waals surface area contributed by atoms with Gasteiger partial charge in [-0.1, -0.05) is 28.1 Å². The normalized spacial score (nSPS) is 9.83. The topological polar surface area (TPSA) is 18.5 Å². The fourth-order valence-electron chi connectivity index (χ4n) is 0.878. The van der Waals surface area contributed by atoms with Crippen LogP contribution in [0.3, 0.4) is 0 Å². The van der Waals surface area contributed by atoms with Crippen LogP contribution in [0.2, 0.25) is 0 Å². The molecule has 2 nitrogen and oxygen atoms in total. The van der Waals surface area contributed by atoms with Gasteiger partial charge in [-0.2, -0.15) is 0 Å². The quantitative estimate of drug-likeness (QED) is 0.741. The average molecular weight is 231 g/mol. The van der Waals surface area contributed by atoms with Gasteiger partial charge in [0.15, 0.2) is 0 Å². The van der Waals surface area contributed by atoms with Gasteiger partial charge in [-0.25, -0.2) is 0 Å². The molecule has 0 aromatic heterocycles. The van der Waals surface area contributed by atoms with Gasteiger partial charge in [0, 0.05) is 0 Å². The molecule has 1 rings (SSSR count). The zero-order valence-electron chi connectivity index (χ0n) is 6.92. The maximum atomic E-state index is 5.17. The van der Waals surface area contributed by atoms with Crippen LogP contribution in [-0.2, 0) is 11.3 Å². The van der Waals surface area contributed by atoms with Crippen molar-refractivity contribution >= 4 is 15.9 Å². The van der Waals surface area contributed by atoms with Gasteiger partial charge in [0.1, 0.15) is 11.3 Å². The lowest BCUT2D eigenvalue weighted by Crippen LogP contribution is -1.90. The molecular weight excluding hydrogens is 220 g/mol. The smallest absolute Gasteiger partial charge is 0.118 e. The molecule has 0 aliphatic rings. The van der Waals surface area contributed by atoms with Crippen molar-refractivity contribution in [2.75, 3.05) is 12.6 Å². The highest BCUT2D eigenvalue weighted by molar-refractivity contribution is 9.09. The Hall–Kier alpha value is -0.540. The van der Waals surface area contributed by atoms with E-state index in [1.54, 1.807) is 7.11 Å². The monoisotopic (exact) mass is 230 g/mol. The molecule has 66 valence electrons. The first-order valence-electron chi connectivity index (χ1n) is 3.63. The SMILES string of the molecule is COc1ccc(COCBr)cc1. The zero-order valence-corrected chi connectivity index (χ0v) is 8.50. The minimum absolute atomic E-state index is 0.568. The van der Waals surface area contributed by atoms with Crippen LogP contribution in [-0.4, -0.2) is 12.6 Å². The molecule has 0 saturated heterocycles. The first kappa shape index (κ1) is 9.55. The summed E-state index contributed by atoms with van der Waals surface area (Å²) in [4.78, 5) is 0. The number of alkyl halides is 1. The summed E-state index contributed by atoms with van der Waals surface area (Å²) in [5.74, 6) is 0.873. The second-order valence-electron chi connectivity index (χ2n) is 2.31. The Labute approximate surface area is 80.6 Å². The Morgan fingerprint density at radius 2 is 1.92 bits per heavy atom. The number of benzene rings is 1. The Kier molecular flexibility index (Phi) is 4.11. The lowest BCUT2D eigenvalue weighted by molar-refractivity contribution is 0.172. The molecule has 0 bridgehead atoms. The number of halogens is 1. The van der Waals surface area contributed by atoms with Crippen LogP contribution in [0.15, 0.2) is 24.3 Å². The predicted octanol–water partition coefficient (Wildman–Crippen LogP) is 2.56. The molecule has 0 heterocycles. The van der Waals surface area contributed by atoms with E-state index in [1.807, 2.05) is 24.3 Å². The van der Waals surface area contributed by atoms with E-state index in [-0.39, 0.29) is 0 Å². The summed E-state index contributed by atoms with van der Waals surface area (Å²) >= 11 is 3.19. The number of ether oxygens (including phenoxy) is 2. The van der Waals surface area contributed by atoms with Crippen molar-refractivity contribution < 1.29 is 9.47 Å². The van der Waals surface area contributed by atoms with Crippen molar-refractivity contribution in [2.24, 2.45) is 0 Å². The highest BCUT2D eigenvalue weighted by Gasteiger charge is 1.92. The molecule has 3 heteroatoms. The second kappa shape index (κ2) is 5.17.